The third-order valence-electron chi connectivity index (χ3n) is 7.21. The summed E-state index contributed by atoms with van der Waals surface area (Å²) in [6, 6.07) is 22.9. The van der Waals surface area contributed by atoms with Gasteiger partial charge in [-0.2, -0.15) is 5.10 Å². The normalized spacial score (nSPS) is 15.6. The fraction of sp³-hybridized carbons (Fsp3) is 0.300. The minimum Gasteiger partial charge on any atom is -0.465 e. The number of carbonyl (C=O) groups is 1. The lowest BCUT2D eigenvalue weighted by atomic mass is 10.0. The molecule has 0 radical (unpaired) electrons. The number of carbonyl (C=O) groups excluding carboxylic acids is 1. The molecule has 202 valence electrons. The lowest BCUT2D eigenvalue weighted by Crippen LogP contribution is -2.49. The first kappa shape index (κ1) is 26.4. The van der Waals surface area contributed by atoms with Crippen LogP contribution in [0.2, 0.25) is 0 Å². The summed E-state index contributed by atoms with van der Waals surface area (Å²) in [5.74, 6) is -0.593. The highest BCUT2D eigenvalue weighted by molar-refractivity contribution is 5.77. The van der Waals surface area contributed by atoms with Gasteiger partial charge in [0.1, 0.15) is 18.2 Å². The third kappa shape index (κ3) is 5.49. The number of benzene rings is 3. The Kier molecular flexibility index (Phi) is 7.88. The van der Waals surface area contributed by atoms with Crippen LogP contribution >= 0.6 is 0 Å². The van der Waals surface area contributed by atoms with Gasteiger partial charge >= 0.3 is 11.7 Å². The molecule has 0 aliphatic carbocycles. The molecule has 0 saturated carbocycles. The zero-order valence-corrected chi connectivity index (χ0v) is 22.1. The van der Waals surface area contributed by atoms with Gasteiger partial charge in [0.2, 0.25) is 0 Å². The summed E-state index contributed by atoms with van der Waals surface area (Å²) >= 11 is 0. The molecule has 0 bridgehead atoms. The molecule has 9 heteroatoms. The van der Waals surface area contributed by atoms with Gasteiger partial charge in [-0.25, -0.2) is 23.2 Å². The van der Waals surface area contributed by atoms with Crippen molar-refractivity contribution >= 4 is 11.7 Å². The number of hydrogen-bond donors (Lipinski definition) is 0. The Hall–Kier alpha value is -4.24. The van der Waals surface area contributed by atoms with Crippen LogP contribution in [0.25, 0.3) is 5.69 Å². The standard InChI is InChI=1S/C30H32FN5O3/c1-3-39-29(37)28(23-9-5-4-6-10-23)34-19-17-33(18-20-34)24-13-15-25(16-14-24)35-21-32-36(30(35)38)22(2)26-11-7-8-12-27(26)31/h4-16,21-22,28H,3,17-20H2,1-2H3/t22-,28-/m0/s1. The minimum atomic E-state index is -0.537. The average molecular weight is 530 g/mol. The van der Waals surface area contributed by atoms with E-state index < -0.39 is 12.1 Å². The molecule has 0 amide bonds. The number of halogens is 1. The van der Waals surface area contributed by atoms with Gasteiger partial charge < -0.3 is 9.64 Å². The maximum absolute atomic E-state index is 14.3. The first-order valence-corrected chi connectivity index (χ1v) is 13.2. The van der Waals surface area contributed by atoms with Crippen LogP contribution in [0.5, 0.6) is 0 Å². The van der Waals surface area contributed by atoms with Gasteiger partial charge in [0.25, 0.3) is 0 Å². The number of hydrogen-bond acceptors (Lipinski definition) is 6. The minimum absolute atomic E-state index is 0.225. The lowest BCUT2D eigenvalue weighted by Gasteiger charge is -2.39. The van der Waals surface area contributed by atoms with Gasteiger partial charge in [-0.3, -0.25) is 4.90 Å². The molecule has 3 aromatic carbocycles. The molecule has 1 aliphatic heterocycles. The smallest absolute Gasteiger partial charge is 0.350 e. The molecule has 8 nitrogen and oxygen atoms in total. The molecule has 2 heterocycles. The Morgan fingerprint density at radius 3 is 2.23 bits per heavy atom. The number of esters is 1. The van der Waals surface area contributed by atoms with Crippen molar-refractivity contribution < 1.29 is 13.9 Å². The lowest BCUT2D eigenvalue weighted by molar-refractivity contribution is -0.150. The number of rotatable bonds is 8. The second-order valence-electron chi connectivity index (χ2n) is 9.53. The molecule has 2 atom stereocenters. The maximum Gasteiger partial charge on any atom is 0.350 e. The van der Waals surface area contributed by atoms with Crippen molar-refractivity contribution in [1.82, 2.24) is 19.2 Å². The summed E-state index contributed by atoms with van der Waals surface area (Å²) in [7, 11) is 0. The molecule has 0 spiro atoms. The van der Waals surface area contributed by atoms with Crippen LogP contribution < -0.4 is 10.6 Å². The predicted octanol–water partition coefficient (Wildman–Crippen LogP) is 4.21. The summed E-state index contributed by atoms with van der Waals surface area (Å²) in [6.45, 7) is 6.84. The molecule has 0 unspecified atom stereocenters. The van der Waals surface area contributed by atoms with Crippen LogP contribution in [0.4, 0.5) is 10.1 Å². The molecule has 1 aliphatic rings. The highest BCUT2D eigenvalue weighted by atomic mass is 19.1. The molecule has 1 saturated heterocycles. The van der Waals surface area contributed by atoms with Crippen LogP contribution in [-0.2, 0) is 9.53 Å². The van der Waals surface area contributed by atoms with Crippen molar-refractivity contribution in [3.05, 3.63) is 113 Å². The first-order chi connectivity index (χ1) is 19.0. The zero-order chi connectivity index (χ0) is 27.4. The van der Waals surface area contributed by atoms with Gasteiger partial charge in [-0.1, -0.05) is 48.5 Å². The van der Waals surface area contributed by atoms with Crippen molar-refractivity contribution in [1.29, 1.82) is 0 Å². The van der Waals surface area contributed by atoms with E-state index in [1.165, 1.54) is 21.6 Å². The number of ether oxygens (including phenoxy) is 1. The van der Waals surface area contributed by atoms with E-state index in [0.717, 1.165) is 24.3 Å². The zero-order valence-electron chi connectivity index (χ0n) is 22.1. The molecular formula is C30H32FN5O3. The molecule has 4 aromatic rings. The van der Waals surface area contributed by atoms with Crippen molar-refractivity contribution in [3.63, 3.8) is 0 Å². The number of nitrogens with zero attached hydrogens (tertiary/aromatic N) is 5. The molecule has 0 N–H and O–H groups in total. The van der Waals surface area contributed by atoms with Gasteiger partial charge in [0.15, 0.2) is 0 Å². The Morgan fingerprint density at radius 1 is 0.923 bits per heavy atom. The molecule has 39 heavy (non-hydrogen) atoms. The van der Waals surface area contributed by atoms with Crippen LogP contribution in [0.3, 0.4) is 0 Å². The Labute approximate surface area is 226 Å². The van der Waals surface area contributed by atoms with Gasteiger partial charge in [-0.15, -0.1) is 0 Å². The van der Waals surface area contributed by atoms with E-state index in [4.69, 9.17) is 4.74 Å². The number of anilines is 1. The summed E-state index contributed by atoms with van der Waals surface area (Å²) in [6.07, 6.45) is 1.46. The summed E-state index contributed by atoms with van der Waals surface area (Å²) in [5, 5.41) is 4.25. The number of piperazine rings is 1. The predicted molar refractivity (Wildman–Crippen MR) is 148 cm³/mol. The second-order valence-corrected chi connectivity index (χ2v) is 9.53. The van der Waals surface area contributed by atoms with Gasteiger partial charge in [-0.05, 0) is 49.7 Å². The van der Waals surface area contributed by atoms with Crippen LogP contribution in [0.15, 0.2) is 90.0 Å². The van der Waals surface area contributed by atoms with Gasteiger partial charge in [0, 0.05) is 37.4 Å². The van der Waals surface area contributed by atoms with E-state index in [0.29, 0.717) is 30.9 Å². The van der Waals surface area contributed by atoms with Crippen LogP contribution in [0.1, 0.15) is 37.1 Å². The van der Waals surface area contributed by atoms with Crippen LogP contribution in [-0.4, -0.2) is 58.0 Å². The molecular weight excluding hydrogens is 497 g/mol. The van der Waals surface area contributed by atoms with E-state index in [9.17, 15) is 14.0 Å². The Morgan fingerprint density at radius 2 is 1.56 bits per heavy atom. The van der Waals surface area contributed by atoms with Crippen molar-refractivity contribution in [2.24, 2.45) is 0 Å². The van der Waals surface area contributed by atoms with Crippen molar-refractivity contribution in [2.75, 3.05) is 37.7 Å². The largest absolute Gasteiger partial charge is 0.465 e. The maximum atomic E-state index is 14.3. The Bertz CT molecular complexity index is 1460. The molecule has 1 aromatic heterocycles. The number of aromatic nitrogens is 3. The molecule has 1 fully saturated rings. The van der Waals surface area contributed by atoms with E-state index >= 15 is 0 Å². The molecule has 5 rings (SSSR count). The van der Waals surface area contributed by atoms with Crippen LogP contribution in [0, 0.1) is 5.82 Å². The third-order valence-corrected chi connectivity index (χ3v) is 7.21. The summed E-state index contributed by atoms with van der Waals surface area (Å²) in [5.41, 5.74) is 2.73. The fourth-order valence-electron chi connectivity index (χ4n) is 5.12. The van der Waals surface area contributed by atoms with E-state index in [2.05, 4.69) is 14.9 Å². The highest BCUT2D eigenvalue weighted by Gasteiger charge is 2.31. The topological polar surface area (TPSA) is 72.6 Å². The van der Waals surface area contributed by atoms with E-state index in [-0.39, 0.29) is 17.5 Å². The quantitative estimate of drug-likeness (QED) is 0.319. The fourth-order valence-corrected chi connectivity index (χ4v) is 5.12. The van der Waals surface area contributed by atoms with E-state index in [1.54, 1.807) is 25.1 Å². The first-order valence-electron chi connectivity index (χ1n) is 13.2. The van der Waals surface area contributed by atoms with Gasteiger partial charge in [0.05, 0.1) is 18.3 Å². The highest BCUT2D eigenvalue weighted by Crippen LogP contribution is 2.26. The summed E-state index contributed by atoms with van der Waals surface area (Å²) < 4.78 is 22.4. The second kappa shape index (κ2) is 11.7. The van der Waals surface area contributed by atoms with Crippen molar-refractivity contribution in [2.45, 2.75) is 25.9 Å². The summed E-state index contributed by atoms with van der Waals surface area (Å²) in [4.78, 5) is 30.3. The van der Waals surface area contributed by atoms with E-state index in [1.807, 2.05) is 61.5 Å². The Balaban J connectivity index is 1.27. The van der Waals surface area contributed by atoms with Crippen molar-refractivity contribution in [3.8, 4) is 5.69 Å². The SMILES string of the molecule is CCOC(=O)[C@H](c1ccccc1)N1CCN(c2ccc(-n3cnn([C@@H](C)c4ccccc4F)c3=O)cc2)CC1. The monoisotopic (exact) mass is 529 g/mol. The average Bonchev–Trinajstić information content (AvgIpc) is 3.35.